The van der Waals surface area contributed by atoms with E-state index in [0.29, 0.717) is 0 Å². The van der Waals surface area contributed by atoms with Crippen LogP contribution in [0.3, 0.4) is 0 Å². The monoisotopic (exact) mass is 857 g/mol. The van der Waals surface area contributed by atoms with Crippen LogP contribution in [0.5, 0.6) is 5.75 Å². The van der Waals surface area contributed by atoms with Gasteiger partial charge < -0.3 is 9.84 Å². The number of ketones is 1. The first-order chi connectivity index (χ1) is 22.7. The van der Waals surface area contributed by atoms with Crippen LogP contribution in [-0.2, 0) is 30.3 Å². The van der Waals surface area contributed by atoms with Crippen LogP contribution in [0, 0.1) is 16.9 Å². The van der Waals surface area contributed by atoms with Crippen molar-refractivity contribution in [2.75, 3.05) is 0 Å². The number of hydrogen-bond acceptors (Lipinski definition) is 5. The van der Waals surface area contributed by atoms with Gasteiger partial charge in [0.15, 0.2) is 5.78 Å². The summed E-state index contributed by atoms with van der Waals surface area (Å²) >= 11 is 1.72. The number of ether oxygens (including phenoxy) is 1. The summed E-state index contributed by atoms with van der Waals surface area (Å²) in [4.78, 5) is 18.2. The van der Waals surface area contributed by atoms with Crippen molar-refractivity contribution in [2.24, 2.45) is 10.8 Å². The van der Waals surface area contributed by atoms with Crippen molar-refractivity contribution in [2.45, 2.75) is 112 Å². The number of carbonyl (C=O) groups excluding carboxylic acids is 1. The molecule has 4 nitrogen and oxygen atoms in total. The maximum atomic E-state index is 12.2. The van der Waals surface area contributed by atoms with Gasteiger partial charge in [-0.3, -0.25) is 9.78 Å². The van der Waals surface area contributed by atoms with Gasteiger partial charge in [-0.15, -0.1) is 29.1 Å². The number of aliphatic hydroxyl groups is 1. The van der Waals surface area contributed by atoms with Crippen molar-refractivity contribution in [3.63, 3.8) is 0 Å². The summed E-state index contributed by atoms with van der Waals surface area (Å²) in [5.74, 6) is 1.39. The average Bonchev–Trinajstić information content (AvgIpc) is 3.47. The fourth-order valence-electron chi connectivity index (χ4n) is 6.13. The van der Waals surface area contributed by atoms with Gasteiger partial charge >= 0.3 is 0 Å². The second kappa shape index (κ2) is 16.9. The van der Waals surface area contributed by atoms with Crippen LogP contribution in [0.15, 0.2) is 89.0 Å². The van der Waals surface area contributed by atoms with Crippen LogP contribution in [0.25, 0.3) is 22.0 Å². The molecule has 0 bridgehead atoms. The smallest absolute Gasteiger partial charge is 0.164 e. The third kappa shape index (κ3) is 8.88. The number of benzene rings is 2. The fourth-order valence-corrected chi connectivity index (χ4v) is 6.79. The predicted molar refractivity (Wildman–Crippen MR) is 205 cm³/mol. The SMILES string of the molecule is C/C=C/SC1=CC2Oc3ccnc(-c4[c-]c5ccccc5c(C(C)(C)C)c4)c3C2C=C1.CCC(C)(CC)C(=O)/C=C(\O)C(C)(CC)CC.[Ir]. The first kappa shape index (κ1) is 40.5. The number of pyridine rings is 1. The summed E-state index contributed by atoms with van der Waals surface area (Å²) in [6, 6.07) is 16.4. The van der Waals surface area contributed by atoms with Crippen LogP contribution >= 0.6 is 11.8 Å². The van der Waals surface area contributed by atoms with E-state index in [1.54, 1.807) is 11.8 Å². The normalized spacial score (nSPS) is 17.4. The summed E-state index contributed by atoms with van der Waals surface area (Å²) in [6.45, 7) is 20.9. The van der Waals surface area contributed by atoms with Gasteiger partial charge in [-0.1, -0.05) is 121 Å². The molecular formula is C43H54IrNO3S-. The summed E-state index contributed by atoms with van der Waals surface area (Å²) in [6.07, 6.45) is 15.4. The zero-order valence-corrected chi connectivity index (χ0v) is 34.2. The van der Waals surface area contributed by atoms with E-state index in [-0.39, 0.29) is 59.9 Å². The number of fused-ring (bicyclic) bond motifs is 4. The van der Waals surface area contributed by atoms with E-state index in [1.807, 2.05) is 60.7 Å². The van der Waals surface area contributed by atoms with Gasteiger partial charge in [-0.05, 0) is 61.1 Å². The van der Waals surface area contributed by atoms with Crippen LogP contribution in [0.2, 0.25) is 0 Å². The number of aliphatic hydroxyl groups excluding tert-OH is 1. The van der Waals surface area contributed by atoms with Gasteiger partial charge in [0, 0.05) is 59.7 Å². The van der Waals surface area contributed by atoms with Crippen molar-refractivity contribution in [3.8, 4) is 17.0 Å². The molecule has 1 N–H and O–H groups in total. The minimum Gasteiger partial charge on any atom is -0.512 e. The maximum absolute atomic E-state index is 12.2. The Hall–Kier alpha value is -2.92. The van der Waals surface area contributed by atoms with E-state index < -0.39 is 0 Å². The van der Waals surface area contributed by atoms with Crippen LogP contribution < -0.4 is 4.74 Å². The Morgan fingerprint density at radius 2 is 1.65 bits per heavy atom. The molecular weight excluding hydrogens is 803 g/mol. The summed E-state index contributed by atoms with van der Waals surface area (Å²) < 4.78 is 6.35. The van der Waals surface area contributed by atoms with Crippen molar-refractivity contribution in [3.05, 3.63) is 106 Å². The topological polar surface area (TPSA) is 59.4 Å². The minimum atomic E-state index is -0.337. The predicted octanol–water partition coefficient (Wildman–Crippen LogP) is 12.2. The Labute approximate surface area is 313 Å². The standard InChI is InChI=1S/C28H26NOS.C15H28O2.Ir/c1-5-14-31-20-10-11-22-25(17-20)30-24-12-13-29-27(26(22)24)19-15-18-8-6-7-9-21(18)23(16-19)28(2,3)4;1-7-14(5,8-2)12(16)11-13(17)15(6,9-3)10-4;/h5-14,16-17,22,25H,1-4H3;11,16H,7-10H2,1-6H3;/q-1;;/b14-5+;12-11-;. The third-order valence-electron chi connectivity index (χ3n) is 10.5. The van der Waals surface area contributed by atoms with Gasteiger partial charge in [0.1, 0.15) is 17.6 Å². The number of aromatic nitrogens is 1. The molecule has 2 aromatic carbocycles. The average molecular weight is 857 g/mol. The van der Waals surface area contributed by atoms with Crippen molar-refractivity contribution >= 4 is 28.3 Å². The Bertz CT molecular complexity index is 1740. The number of carbonyl (C=O) groups is 1. The molecule has 1 aliphatic carbocycles. The maximum Gasteiger partial charge on any atom is 0.164 e. The molecule has 265 valence electrons. The molecule has 3 aromatic rings. The Balaban J connectivity index is 0.000000312. The van der Waals surface area contributed by atoms with E-state index in [2.05, 4.69) is 86.9 Å². The van der Waals surface area contributed by atoms with Gasteiger partial charge in [-0.25, -0.2) is 0 Å². The first-order valence-corrected chi connectivity index (χ1v) is 18.4. The Morgan fingerprint density at radius 1 is 1.00 bits per heavy atom. The number of thioether (sulfide) groups is 1. The summed E-state index contributed by atoms with van der Waals surface area (Å²) in [5.41, 5.74) is 3.92. The van der Waals surface area contributed by atoms with E-state index in [9.17, 15) is 9.90 Å². The molecule has 6 heteroatoms. The molecule has 0 spiro atoms. The molecule has 0 amide bonds. The third-order valence-corrected chi connectivity index (χ3v) is 11.4. The second-order valence-electron chi connectivity index (χ2n) is 14.5. The van der Waals surface area contributed by atoms with Crippen LogP contribution in [-0.4, -0.2) is 22.0 Å². The largest absolute Gasteiger partial charge is 0.512 e. The van der Waals surface area contributed by atoms with Gasteiger partial charge in [-0.2, -0.15) is 0 Å². The quantitative estimate of drug-likeness (QED) is 0.125. The van der Waals surface area contributed by atoms with Gasteiger partial charge in [0.25, 0.3) is 0 Å². The summed E-state index contributed by atoms with van der Waals surface area (Å²) in [5, 5.41) is 14.6. The van der Waals surface area contributed by atoms with Crippen LogP contribution in [0.1, 0.15) is 112 Å². The molecule has 1 aliphatic heterocycles. The van der Waals surface area contributed by atoms with Crippen molar-refractivity contribution in [1.29, 1.82) is 0 Å². The number of allylic oxidation sites excluding steroid dienone is 4. The molecule has 5 rings (SSSR count). The number of nitrogens with zero attached hydrogens (tertiary/aromatic N) is 1. The molecule has 0 saturated carbocycles. The first-order valence-electron chi connectivity index (χ1n) is 17.5. The molecule has 0 fully saturated rings. The minimum absolute atomic E-state index is 0. The Kier molecular flexibility index (Phi) is 13.9. The van der Waals surface area contributed by atoms with Crippen molar-refractivity contribution in [1.82, 2.24) is 4.98 Å². The van der Waals surface area contributed by atoms with E-state index in [1.165, 1.54) is 27.5 Å². The zero-order valence-electron chi connectivity index (χ0n) is 30.9. The second-order valence-corrected chi connectivity index (χ2v) is 15.5. The molecule has 0 saturated heterocycles. The number of hydrogen-bond donors (Lipinski definition) is 1. The molecule has 1 aromatic heterocycles. The number of rotatable bonds is 10. The molecule has 2 heterocycles. The van der Waals surface area contributed by atoms with Gasteiger partial charge in [0.2, 0.25) is 0 Å². The molecule has 2 aliphatic rings. The van der Waals surface area contributed by atoms with Gasteiger partial charge in [0.05, 0.1) is 0 Å². The van der Waals surface area contributed by atoms with E-state index >= 15 is 0 Å². The van der Waals surface area contributed by atoms with Crippen LogP contribution in [0.4, 0.5) is 0 Å². The molecule has 2 atom stereocenters. The zero-order chi connectivity index (χ0) is 35.3. The van der Waals surface area contributed by atoms with E-state index in [0.717, 1.165) is 48.1 Å². The fraction of sp³-hybridized carbons (Fsp3) is 0.442. The van der Waals surface area contributed by atoms with E-state index in [4.69, 9.17) is 9.72 Å². The summed E-state index contributed by atoms with van der Waals surface area (Å²) in [7, 11) is 0. The molecule has 2 unspecified atom stereocenters. The Morgan fingerprint density at radius 3 is 2.27 bits per heavy atom. The molecule has 49 heavy (non-hydrogen) atoms. The molecule has 1 radical (unpaired) electrons. The van der Waals surface area contributed by atoms with Crippen molar-refractivity contribution < 1.29 is 34.7 Å².